The molecule has 0 unspecified atom stereocenters. The first-order valence-electron chi connectivity index (χ1n) is 6.81. The molecule has 0 radical (unpaired) electrons. The van der Waals surface area contributed by atoms with Crippen LogP contribution in [0.4, 0.5) is 18.0 Å². The normalized spacial score (nSPS) is 12.5. The number of benzene rings is 1. The van der Waals surface area contributed by atoms with E-state index in [0.29, 0.717) is 15.6 Å². The van der Waals surface area contributed by atoms with Crippen molar-refractivity contribution in [3.05, 3.63) is 33.9 Å². The standard InChI is InChI=1S/C15H16BrF3N2O2/c1-14(2,3)23-13(22)20-7-10-5-8-4-9(16)6-11(12(8)21-10)15(17,18)19/h4-6,21H,7H2,1-3H3,(H,20,22). The molecule has 1 aromatic carbocycles. The molecule has 1 aromatic heterocycles. The van der Waals surface area contributed by atoms with Crippen LogP contribution < -0.4 is 5.32 Å². The summed E-state index contributed by atoms with van der Waals surface area (Å²) in [5.74, 6) is 0. The van der Waals surface area contributed by atoms with Crippen molar-refractivity contribution in [2.24, 2.45) is 0 Å². The monoisotopic (exact) mass is 392 g/mol. The van der Waals surface area contributed by atoms with Crippen molar-refractivity contribution in [1.82, 2.24) is 10.3 Å². The van der Waals surface area contributed by atoms with Gasteiger partial charge >= 0.3 is 12.3 Å². The summed E-state index contributed by atoms with van der Waals surface area (Å²) >= 11 is 3.08. The van der Waals surface area contributed by atoms with Gasteiger partial charge < -0.3 is 15.0 Å². The Kier molecular flexibility index (Phi) is 4.66. The van der Waals surface area contributed by atoms with Crippen molar-refractivity contribution in [1.29, 1.82) is 0 Å². The van der Waals surface area contributed by atoms with E-state index in [2.05, 4.69) is 26.2 Å². The lowest BCUT2D eigenvalue weighted by Gasteiger charge is -2.19. The number of amides is 1. The Bertz CT molecular complexity index is 733. The second kappa shape index (κ2) is 6.07. The van der Waals surface area contributed by atoms with Gasteiger partial charge in [-0.25, -0.2) is 4.79 Å². The third kappa shape index (κ3) is 4.63. The van der Waals surface area contributed by atoms with E-state index in [1.807, 2.05) is 0 Å². The maximum atomic E-state index is 13.1. The number of halogens is 4. The highest BCUT2D eigenvalue weighted by Gasteiger charge is 2.33. The molecule has 0 saturated heterocycles. The molecule has 1 heterocycles. The molecule has 0 fully saturated rings. The van der Waals surface area contributed by atoms with Crippen LogP contribution in [0.2, 0.25) is 0 Å². The minimum absolute atomic E-state index is 0.0123. The number of hydrogen-bond donors (Lipinski definition) is 2. The van der Waals surface area contributed by atoms with E-state index in [9.17, 15) is 18.0 Å². The maximum Gasteiger partial charge on any atom is 0.418 e. The van der Waals surface area contributed by atoms with Crippen molar-refractivity contribution in [3.63, 3.8) is 0 Å². The SMILES string of the molecule is CC(C)(C)OC(=O)NCc1cc2cc(Br)cc(C(F)(F)F)c2[nH]1. The average molecular weight is 393 g/mol. The number of carbonyl (C=O) groups excluding carboxylic acids is 1. The van der Waals surface area contributed by atoms with E-state index >= 15 is 0 Å². The van der Waals surface area contributed by atoms with Crippen LogP contribution in [-0.4, -0.2) is 16.7 Å². The Hall–Kier alpha value is -1.70. The van der Waals surface area contributed by atoms with Gasteiger partial charge in [-0.15, -0.1) is 0 Å². The Labute approximate surface area is 139 Å². The Balaban J connectivity index is 2.22. The Morgan fingerprint density at radius 3 is 2.48 bits per heavy atom. The number of H-pyrrole nitrogens is 1. The van der Waals surface area contributed by atoms with Gasteiger partial charge in [0.2, 0.25) is 0 Å². The van der Waals surface area contributed by atoms with Crippen molar-refractivity contribution in [3.8, 4) is 0 Å². The summed E-state index contributed by atoms with van der Waals surface area (Å²) in [6, 6.07) is 4.16. The maximum absolute atomic E-state index is 13.1. The number of aromatic nitrogens is 1. The molecule has 0 aliphatic heterocycles. The van der Waals surface area contributed by atoms with E-state index in [-0.39, 0.29) is 12.1 Å². The summed E-state index contributed by atoms with van der Waals surface area (Å²) in [6.45, 7) is 5.21. The molecule has 0 aliphatic carbocycles. The minimum atomic E-state index is -4.47. The van der Waals surface area contributed by atoms with Gasteiger partial charge in [0.05, 0.1) is 17.6 Å². The molecule has 2 aromatic rings. The van der Waals surface area contributed by atoms with Crippen LogP contribution in [0.5, 0.6) is 0 Å². The molecule has 0 bridgehead atoms. The molecule has 126 valence electrons. The summed E-state index contributed by atoms with van der Waals surface area (Å²) in [5.41, 5.74) is -0.958. The number of nitrogens with one attached hydrogen (secondary N) is 2. The Morgan fingerprint density at radius 2 is 1.91 bits per heavy atom. The fraction of sp³-hybridized carbons (Fsp3) is 0.400. The van der Waals surface area contributed by atoms with Gasteiger partial charge in [-0.05, 0) is 39.0 Å². The molecule has 0 spiro atoms. The van der Waals surface area contributed by atoms with Crippen LogP contribution in [0.1, 0.15) is 32.0 Å². The topological polar surface area (TPSA) is 54.1 Å². The fourth-order valence-corrected chi connectivity index (χ4v) is 2.54. The predicted octanol–water partition coefficient (Wildman–Crippen LogP) is 4.97. The van der Waals surface area contributed by atoms with E-state index < -0.39 is 23.4 Å². The third-order valence-corrected chi connectivity index (χ3v) is 3.33. The molecular weight excluding hydrogens is 377 g/mol. The number of aromatic amines is 1. The first kappa shape index (κ1) is 17.7. The van der Waals surface area contributed by atoms with Gasteiger partial charge in [-0.2, -0.15) is 13.2 Å². The molecule has 23 heavy (non-hydrogen) atoms. The number of alkyl carbamates (subject to hydrolysis) is 1. The Morgan fingerprint density at radius 1 is 1.26 bits per heavy atom. The van der Waals surface area contributed by atoms with E-state index in [1.165, 1.54) is 0 Å². The van der Waals surface area contributed by atoms with Crippen LogP contribution in [0, 0.1) is 0 Å². The number of rotatable bonds is 2. The summed E-state index contributed by atoms with van der Waals surface area (Å²) < 4.78 is 44.6. The molecule has 4 nitrogen and oxygen atoms in total. The van der Waals surface area contributed by atoms with E-state index in [1.54, 1.807) is 32.9 Å². The number of carbonyl (C=O) groups is 1. The number of ether oxygens (including phenoxy) is 1. The van der Waals surface area contributed by atoms with Gasteiger partial charge in [-0.1, -0.05) is 15.9 Å². The zero-order valence-electron chi connectivity index (χ0n) is 12.8. The third-order valence-electron chi connectivity index (χ3n) is 2.88. The van der Waals surface area contributed by atoms with Crippen LogP contribution in [0.3, 0.4) is 0 Å². The highest BCUT2D eigenvalue weighted by molar-refractivity contribution is 9.10. The van der Waals surface area contributed by atoms with Crippen molar-refractivity contribution < 1.29 is 22.7 Å². The summed E-state index contributed by atoms with van der Waals surface area (Å²) in [4.78, 5) is 14.3. The van der Waals surface area contributed by atoms with Gasteiger partial charge in [0.15, 0.2) is 0 Å². The molecule has 0 atom stereocenters. The molecule has 2 rings (SSSR count). The molecule has 0 saturated carbocycles. The summed E-state index contributed by atoms with van der Waals surface area (Å²) in [6.07, 6.45) is -5.10. The smallest absolute Gasteiger partial charge is 0.418 e. The highest BCUT2D eigenvalue weighted by atomic mass is 79.9. The van der Waals surface area contributed by atoms with Crippen LogP contribution in [0.15, 0.2) is 22.7 Å². The lowest BCUT2D eigenvalue weighted by Crippen LogP contribution is -2.32. The molecule has 0 aliphatic rings. The highest BCUT2D eigenvalue weighted by Crippen LogP contribution is 2.36. The second-order valence-corrected chi connectivity index (χ2v) is 6.98. The lowest BCUT2D eigenvalue weighted by atomic mass is 10.1. The van der Waals surface area contributed by atoms with Crippen LogP contribution >= 0.6 is 15.9 Å². The van der Waals surface area contributed by atoms with Gasteiger partial charge in [0.1, 0.15) is 5.60 Å². The van der Waals surface area contributed by atoms with Crippen molar-refractivity contribution >= 4 is 32.9 Å². The van der Waals surface area contributed by atoms with Crippen molar-refractivity contribution in [2.45, 2.75) is 39.1 Å². The molecule has 1 amide bonds. The van der Waals surface area contributed by atoms with E-state index in [0.717, 1.165) is 6.07 Å². The quantitative estimate of drug-likeness (QED) is 0.757. The fourth-order valence-electron chi connectivity index (χ4n) is 2.07. The largest absolute Gasteiger partial charge is 0.444 e. The van der Waals surface area contributed by atoms with Gasteiger partial charge in [0, 0.05) is 15.6 Å². The van der Waals surface area contributed by atoms with Crippen LogP contribution in [0.25, 0.3) is 10.9 Å². The summed E-state index contributed by atoms with van der Waals surface area (Å²) in [7, 11) is 0. The van der Waals surface area contributed by atoms with Gasteiger partial charge in [-0.3, -0.25) is 0 Å². The molecule has 8 heteroatoms. The zero-order valence-corrected chi connectivity index (χ0v) is 14.4. The number of alkyl halides is 3. The van der Waals surface area contributed by atoms with Crippen LogP contribution in [-0.2, 0) is 17.5 Å². The predicted molar refractivity (Wildman–Crippen MR) is 84.1 cm³/mol. The van der Waals surface area contributed by atoms with Gasteiger partial charge in [0.25, 0.3) is 0 Å². The number of fused-ring (bicyclic) bond motifs is 1. The molecular formula is C15H16BrF3N2O2. The second-order valence-electron chi connectivity index (χ2n) is 6.07. The average Bonchev–Trinajstić information content (AvgIpc) is 2.74. The first-order valence-corrected chi connectivity index (χ1v) is 7.60. The minimum Gasteiger partial charge on any atom is -0.444 e. The first-order chi connectivity index (χ1) is 10.5. The zero-order chi connectivity index (χ0) is 17.4. The van der Waals surface area contributed by atoms with E-state index in [4.69, 9.17) is 4.74 Å². The number of hydrogen-bond acceptors (Lipinski definition) is 2. The summed E-state index contributed by atoms with van der Waals surface area (Å²) in [5, 5.41) is 2.91. The van der Waals surface area contributed by atoms with Crippen molar-refractivity contribution in [2.75, 3.05) is 0 Å². The molecule has 2 N–H and O–H groups in total. The lowest BCUT2D eigenvalue weighted by molar-refractivity contribution is -0.136.